The van der Waals surface area contributed by atoms with Crippen LogP contribution in [0.15, 0.2) is 88.1 Å². The molecule has 3 aromatic carbocycles. The maximum Gasteiger partial charge on any atom is 0.347 e. The summed E-state index contributed by atoms with van der Waals surface area (Å²) in [6, 6.07) is 23.0. The SMILES string of the molecule is O=C(c1ccccc1)c1ccccc1-c1nc2ccccc2c(=O)o1. The van der Waals surface area contributed by atoms with Gasteiger partial charge in [0.2, 0.25) is 5.89 Å². The highest BCUT2D eigenvalue weighted by molar-refractivity contribution is 6.12. The van der Waals surface area contributed by atoms with Gasteiger partial charge in [-0.15, -0.1) is 0 Å². The van der Waals surface area contributed by atoms with Gasteiger partial charge in [0.05, 0.1) is 10.9 Å². The first-order valence-electron chi connectivity index (χ1n) is 7.83. The second-order valence-corrected chi connectivity index (χ2v) is 5.56. The predicted molar refractivity (Wildman–Crippen MR) is 95.6 cm³/mol. The minimum atomic E-state index is -0.470. The van der Waals surface area contributed by atoms with Crippen molar-refractivity contribution >= 4 is 16.7 Å². The van der Waals surface area contributed by atoms with Crippen molar-refractivity contribution in [1.82, 2.24) is 4.98 Å². The van der Waals surface area contributed by atoms with Gasteiger partial charge in [-0.05, 0) is 18.2 Å². The summed E-state index contributed by atoms with van der Waals surface area (Å²) in [6.45, 7) is 0. The smallest absolute Gasteiger partial charge is 0.347 e. The molecule has 0 bridgehead atoms. The van der Waals surface area contributed by atoms with Crippen molar-refractivity contribution in [3.8, 4) is 11.5 Å². The quantitative estimate of drug-likeness (QED) is 0.532. The van der Waals surface area contributed by atoms with Crippen LogP contribution < -0.4 is 5.63 Å². The largest absolute Gasteiger partial charge is 0.403 e. The van der Waals surface area contributed by atoms with E-state index in [0.717, 1.165) is 0 Å². The Balaban J connectivity index is 1.90. The van der Waals surface area contributed by atoms with Gasteiger partial charge in [-0.3, -0.25) is 4.79 Å². The first kappa shape index (κ1) is 15.0. The number of hydrogen-bond donors (Lipinski definition) is 0. The number of para-hydroxylation sites is 1. The zero-order valence-electron chi connectivity index (χ0n) is 13.2. The minimum absolute atomic E-state index is 0.142. The van der Waals surface area contributed by atoms with Gasteiger partial charge in [0.1, 0.15) is 0 Å². The molecular formula is C21H13NO3. The van der Waals surface area contributed by atoms with Crippen LogP contribution in [0.5, 0.6) is 0 Å². The number of ketones is 1. The minimum Gasteiger partial charge on any atom is -0.403 e. The predicted octanol–water partition coefficient (Wildman–Crippen LogP) is 4.09. The average molecular weight is 327 g/mol. The molecule has 4 aromatic rings. The normalized spacial score (nSPS) is 10.7. The first-order valence-corrected chi connectivity index (χ1v) is 7.83. The van der Waals surface area contributed by atoms with Gasteiger partial charge in [0.25, 0.3) is 0 Å². The Bertz CT molecular complexity index is 1130. The van der Waals surface area contributed by atoms with Crippen LogP contribution in [0.4, 0.5) is 0 Å². The van der Waals surface area contributed by atoms with Crippen LogP contribution in [0.1, 0.15) is 15.9 Å². The first-order chi connectivity index (χ1) is 12.2. The fourth-order valence-corrected chi connectivity index (χ4v) is 2.75. The Labute approximate surface area is 143 Å². The number of aromatic nitrogens is 1. The molecule has 0 saturated heterocycles. The van der Waals surface area contributed by atoms with E-state index in [-0.39, 0.29) is 11.7 Å². The zero-order valence-corrected chi connectivity index (χ0v) is 13.2. The van der Waals surface area contributed by atoms with Crippen molar-refractivity contribution < 1.29 is 9.21 Å². The number of carbonyl (C=O) groups is 1. The number of benzene rings is 3. The number of carbonyl (C=O) groups excluding carboxylic acids is 1. The van der Waals surface area contributed by atoms with Crippen molar-refractivity contribution in [2.24, 2.45) is 0 Å². The van der Waals surface area contributed by atoms with Crippen molar-refractivity contribution in [2.45, 2.75) is 0 Å². The second kappa shape index (κ2) is 6.17. The van der Waals surface area contributed by atoms with Crippen LogP contribution in [-0.2, 0) is 0 Å². The van der Waals surface area contributed by atoms with Crippen molar-refractivity contribution in [2.75, 3.05) is 0 Å². The van der Waals surface area contributed by atoms with Crippen molar-refractivity contribution in [1.29, 1.82) is 0 Å². The average Bonchev–Trinajstić information content (AvgIpc) is 2.68. The van der Waals surface area contributed by atoms with Gasteiger partial charge in [-0.1, -0.05) is 60.7 Å². The number of hydrogen-bond acceptors (Lipinski definition) is 4. The van der Waals surface area contributed by atoms with Gasteiger partial charge in [0, 0.05) is 16.7 Å². The molecule has 0 aliphatic rings. The van der Waals surface area contributed by atoms with Gasteiger partial charge >= 0.3 is 5.63 Å². The van der Waals surface area contributed by atoms with E-state index < -0.39 is 5.63 Å². The Hall–Kier alpha value is -3.53. The Kier molecular flexibility index (Phi) is 3.71. The van der Waals surface area contributed by atoms with E-state index in [4.69, 9.17) is 4.42 Å². The number of fused-ring (bicyclic) bond motifs is 1. The maximum absolute atomic E-state index is 12.8. The molecular weight excluding hydrogens is 314 g/mol. The van der Waals surface area contributed by atoms with Crippen LogP contribution in [0.25, 0.3) is 22.4 Å². The summed E-state index contributed by atoms with van der Waals surface area (Å²) in [4.78, 5) is 29.5. The molecule has 25 heavy (non-hydrogen) atoms. The molecule has 120 valence electrons. The molecule has 0 N–H and O–H groups in total. The van der Waals surface area contributed by atoms with Crippen LogP contribution in [-0.4, -0.2) is 10.8 Å². The van der Waals surface area contributed by atoms with Gasteiger partial charge in [-0.25, -0.2) is 9.78 Å². The summed E-state index contributed by atoms with van der Waals surface area (Å²) in [5.41, 5.74) is 1.58. The number of rotatable bonds is 3. The molecule has 1 heterocycles. The molecule has 0 fully saturated rings. The summed E-state index contributed by atoms with van der Waals surface area (Å²) in [6.07, 6.45) is 0. The lowest BCUT2D eigenvalue weighted by atomic mass is 9.98. The molecule has 0 amide bonds. The monoisotopic (exact) mass is 327 g/mol. The van der Waals surface area contributed by atoms with Crippen molar-refractivity contribution in [3.05, 3.63) is 100 Å². The van der Waals surface area contributed by atoms with E-state index in [0.29, 0.717) is 27.6 Å². The molecule has 4 heteroatoms. The summed E-state index contributed by atoms with van der Waals surface area (Å²) < 4.78 is 5.38. The van der Waals surface area contributed by atoms with Crippen molar-refractivity contribution in [3.63, 3.8) is 0 Å². The third-order valence-corrected chi connectivity index (χ3v) is 3.97. The molecule has 0 atom stereocenters. The highest BCUT2D eigenvalue weighted by Crippen LogP contribution is 2.24. The summed E-state index contributed by atoms with van der Waals surface area (Å²) in [7, 11) is 0. The molecule has 0 saturated carbocycles. The van der Waals surface area contributed by atoms with Crippen LogP contribution in [0.2, 0.25) is 0 Å². The van der Waals surface area contributed by atoms with Crippen LogP contribution >= 0.6 is 0 Å². The fourth-order valence-electron chi connectivity index (χ4n) is 2.75. The summed E-state index contributed by atoms with van der Waals surface area (Å²) in [5, 5.41) is 0.415. The summed E-state index contributed by atoms with van der Waals surface area (Å²) >= 11 is 0. The summed E-state index contributed by atoms with van der Waals surface area (Å²) in [5.74, 6) is -0.00242. The topological polar surface area (TPSA) is 60.2 Å². The Morgan fingerprint density at radius 1 is 0.800 bits per heavy atom. The molecule has 0 spiro atoms. The molecule has 0 aliphatic carbocycles. The molecule has 0 radical (unpaired) electrons. The second-order valence-electron chi connectivity index (χ2n) is 5.56. The van der Waals surface area contributed by atoms with Gasteiger partial charge in [-0.2, -0.15) is 0 Å². The Morgan fingerprint density at radius 2 is 1.48 bits per heavy atom. The van der Waals surface area contributed by atoms with E-state index in [9.17, 15) is 9.59 Å². The maximum atomic E-state index is 12.8. The highest BCUT2D eigenvalue weighted by atomic mass is 16.4. The van der Waals surface area contributed by atoms with E-state index >= 15 is 0 Å². The standard InChI is InChI=1S/C21H13NO3/c23-19(14-8-2-1-3-9-14)15-10-4-5-11-16(15)20-22-18-13-7-6-12-17(18)21(24)25-20/h1-13H. The Morgan fingerprint density at radius 3 is 2.32 bits per heavy atom. The van der Waals surface area contributed by atoms with Gasteiger partial charge < -0.3 is 4.42 Å². The van der Waals surface area contributed by atoms with E-state index in [1.165, 1.54) is 0 Å². The van der Waals surface area contributed by atoms with Gasteiger partial charge in [0.15, 0.2) is 5.78 Å². The van der Waals surface area contributed by atoms with E-state index in [2.05, 4.69) is 4.98 Å². The highest BCUT2D eigenvalue weighted by Gasteiger charge is 2.17. The molecule has 1 aromatic heterocycles. The third kappa shape index (κ3) is 2.74. The lowest BCUT2D eigenvalue weighted by Gasteiger charge is -2.08. The molecule has 0 aliphatic heterocycles. The molecule has 0 unspecified atom stereocenters. The molecule has 4 rings (SSSR count). The van der Waals surface area contributed by atoms with E-state index in [1.807, 2.05) is 18.2 Å². The molecule has 4 nitrogen and oxygen atoms in total. The fraction of sp³-hybridized carbons (Fsp3) is 0. The zero-order chi connectivity index (χ0) is 17.2. The van der Waals surface area contributed by atoms with Crippen LogP contribution in [0, 0.1) is 0 Å². The lowest BCUT2D eigenvalue weighted by molar-refractivity contribution is 0.103. The third-order valence-electron chi connectivity index (χ3n) is 3.97. The van der Waals surface area contributed by atoms with Crippen LogP contribution in [0.3, 0.4) is 0 Å². The number of nitrogens with zero attached hydrogens (tertiary/aromatic N) is 1. The lowest BCUT2D eigenvalue weighted by Crippen LogP contribution is -2.07. The van der Waals surface area contributed by atoms with E-state index in [1.54, 1.807) is 60.7 Å².